The third-order valence-corrected chi connectivity index (χ3v) is 2.87. The maximum atomic E-state index is 9.87. The number of para-hydroxylation sites is 1. The minimum atomic E-state index is -0.766. The van der Waals surface area contributed by atoms with Crippen LogP contribution in [0.3, 0.4) is 0 Å². The van der Waals surface area contributed by atoms with Gasteiger partial charge in [0.1, 0.15) is 36.9 Å². The lowest BCUT2D eigenvalue weighted by Gasteiger charge is -2.14. The summed E-state index contributed by atoms with van der Waals surface area (Å²) < 4.78 is 10.9. The lowest BCUT2D eigenvalue weighted by atomic mass is 10.2. The summed E-state index contributed by atoms with van der Waals surface area (Å²) in [5.74, 6) is 1.18. The molecule has 0 radical (unpaired) electrons. The Labute approximate surface area is 124 Å². The van der Waals surface area contributed by atoms with Crippen LogP contribution in [-0.4, -0.2) is 24.4 Å². The van der Waals surface area contributed by atoms with Crippen LogP contribution in [0.15, 0.2) is 48.5 Å². The maximum Gasteiger partial charge on any atom is 0.137 e. The zero-order valence-corrected chi connectivity index (χ0v) is 11.8. The topological polar surface area (TPSA) is 62.5 Å². The molecule has 0 amide bonds. The fourth-order valence-corrected chi connectivity index (χ4v) is 1.82. The van der Waals surface area contributed by atoms with Gasteiger partial charge in [-0.15, -0.1) is 0 Å². The molecule has 0 aliphatic heterocycles. The van der Waals surface area contributed by atoms with Gasteiger partial charge in [0, 0.05) is 0 Å². The number of nitriles is 1. The molecule has 4 heteroatoms. The van der Waals surface area contributed by atoms with Crippen LogP contribution in [0.25, 0.3) is 0 Å². The van der Waals surface area contributed by atoms with E-state index in [1.54, 1.807) is 24.3 Å². The molecule has 0 heterocycles. The monoisotopic (exact) mass is 283 g/mol. The zero-order valence-electron chi connectivity index (χ0n) is 11.8. The molecule has 0 fully saturated rings. The maximum absolute atomic E-state index is 9.87. The molecular weight excluding hydrogens is 266 g/mol. The van der Waals surface area contributed by atoms with Gasteiger partial charge in [0.15, 0.2) is 0 Å². The Kier molecular flexibility index (Phi) is 5.19. The van der Waals surface area contributed by atoms with Crippen LogP contribution < -0.4 is 9.47 Å². The first-order valence-electron chi connectivity index (χ1n) is 6.68. The Morgan fingerprint density at radius 1 is 1.10 bits per heavy atom. The molecule has 2 aromatic carbocycles. The zero-order chi connectivity index (χ0) is 15.1. The Morgan fingerprint density at radius 2 is 1.86 bits per heavy atom. The first-order chi connectivity index (χ1) is 10.2. The highest BCUT2D eigenvalue weighted by molar-refractivity contribution is 5.42. The van der Waals surface area contributed by atoms with E-state index in [-0.39, 0.29) is 13.2 Å². The molecule has 0 bridgehead atoms. The molecule has 2 rings (SSSR count). The Hall–Kier alpha value is -2.51. The van der Waals surface area contributed by atoms with Gasteiger partial charge < -0.3 is 14.6 Å². The summed E-state index contributed by atoms with van der Waals surface area (Å²) in [6.45, 7) is 2.19. The molecule has 0 aliphatic carbocycles. The van der Waals surface area contributed by atoms with Crippen LogP contribution in [0.2, 0.25) is 0 Å². The fourth-order valence-electron chi connectivity index (χ4n) is 1.82. The van der Waals surface area contributed by atoms with E-state index < -0.39 is 6.10 Å². The van der Waals surface area contributed by atoms with Crippen molar-refractivity contribution in [2.45, 2.75) is 13.0 Å². The van der Waals surface area contributed by atoms with Crippen LogP contribution in [0.5, 0.6) is 11.5 Å². The van der Waals surface area contributed by atoms with Crippen molar-refractivity contribution in [3.8, 4) is 17.6 Å². The highest BCUT2D eigenvalue weighted by Gasteiger charge is 2.08. The Bertz CT molecular complexity index is 634. The van der Waals surface area contributed by atoms with Gasteiger partial charge in [-0.2, -0.15) is 5.26 Å². The van der Waals surface area contributed by atoms with Crippen molar-refractivity contribution in [3.05, 3.63) is 59.7 Å². The van der Waals surface area contributed by atoms with Gasteiger partial charge in [-0.05, 0) is 36.8 Å². The van der Waals surface area contributed by atoms with Crippen molar-refractivity contribution < 1.29 is 14.6 Å². The quantitative estimate of drug-likeness (QED) is 0.885. The van der Waals surface area contributed by atoms with E-state index in [1.165, 1.54) is 0 Å². The van der Waals surface area contributed by atoms with Crippen LogP contribution in [0.4, 0.5) is 0 Å². The highest BCUT2D eigenvalue weighted by atomic mass is 16.5. The summed E-state index contributed by atoms with van der Waals surface area (Å²) in [4.78, 5) is 0. The fraction of sp³-hybridized carbons (Fsp3) is 0.235. The normalized spacial score (nSPS) is 11.5. The van der Waals surface area contributed by atoms with Gasteiger partial charge in [0.25, 0.3) is 0 Å². The highest BCUT2D eigenvalue weighted by Crippen LogP contribution is 2.17. The summed E-state index contributed by atoms with van der Waals surface area (Å²) in [7, 11) is 0. The van der Waals surface area contributed by atoms with Crippen LogP contribution in [-0.2, 0) is 0 Å². The average Bonchev–Trinajstić information content (AvgIpc) is 2.51. The van der Waals surface area contributed by atoms with E-state index in [0.29, 0.717) is 17.1 Å². The van der Waals surface area contributed by atoms with E-state index in [9.17, 15) is 5.11 Å². The Morgan fingerprint density at radius 3 is 2.62 bits per heavy atom. The number of aryl methyl sites for hydroxylation is 1. The number of nitrogens with zero attached hydrogens (tertiary/aromatic N) is 1. The van der Waals surface area contributed by atoms with E-state index in [1.807, 2.05) is 37.3 Å². The van der Waals surface area contributed by atoms with Crippen molar-refractivity contribution in [2.75, 3.05) is 13.2 Å². The first-order valence-corrected chi connectivity index (χ1v) is 6.68. The second kappa shape index (κ2) is 7.32. The molecule has 4 nitrogen and oxygen atoms in total. The Balaban J connectivity index is 1.82. The largest absolute Gasteiger partial charge is 0.491 e. The van der Waals surface area contributed by atoms with Gasteiger partial charge in [-0.1, -0.05) is 24.3 Å². The molecule has 0 saturated heterocycles. The minimum Gasteiger partial charge on any atom is -0.491 e. The molecule has 1 N–H and O–H groups in total. The van der Waals surface area contributed by atoms with Crippen LogP contribution in [0, 0.1) is 18.3 Å². The van der Waals surface area contributed by atoms with E-state index in [2.05, 4.69) is 0 Å². The number of benzene rings is 2. The summed E-state index contributed by atoms with van der Waals surface area (Å²) in [5.41, 5.74) is 1.55. The molecule has 0 aromatic heterocycles. The molecule has 1 atom stereocenters. The first kappa shape index (κ1) is 14.9. The van der Waals surface area contributed by atoms with Gasteiger partial charge in [-0.3, -0.25) is 0 Å². The molecule has 108 valence electrons. The third kappa shape index (κ3) is 4.51. The SMILES string of the molecule is Cc1cccc(OCC(O)COc2ccccc2C#N)c1. The number of hydrogen-bond donors (Lipinski definition) is 1. The van der Waals surface area contributed by atoms with Gasteiger partial charge in [0.05, 0.1) is 5.56 Å². The summed E-state index contributed by atoms with van der Waals surface area (Å²) in [5, 5.41) is 18.8. The van der Waals surface area contributed by atoms with E-state index in [4.69, 9.17) is 14.7 Å². The van der Waals surface area contributed by atoms with Crippen LogP contribution in [0.1, 0.15) is 11.1 Å². The van der Waals surface area contributed by atoms with Gasteiger partial charge in [-0.25, -0.2) is 0 Å². The smallest absolute Gasteiger partial charge is 0.137 e. The standard InChI is InChI=1S/C17H17NO3/c1-13-5-4-7-16(9-13)20-11-15(19)12-21-17-8-3-2-6-14(17)10-18/h2-9,15,19H,11-12H2,1H3. The number of rotatable bonds is 6. The molecule has 0 spiro atoms. The number of aliphatic hydroxyl groups excluding tert-OH is 1. The van der Waals surface area contributed by atoms with Crippen molar-refractivity contribution in [2.24, 2.45) is 0 Å². The van der Waals surface area contributed by atoms with Crippen molar-refractivity contribution >= 4 is 0 Å². The second-order valence-corrected chi connectivity index (χ2v) is 4.70. The predicted octanol–water partition coefficient (Wildman–Crippen LogP) is 2.69. The summed E-state index contributed by atoms with van der Waals surface area (Å²) >= 11 is 0. The number of aliphatic hydroxyl groups is 1. The molecular formula is C17H17NO3. The lowest BCUT2D eigenvalue weighted by Crippen LogP contribution is -2.25. The molecule has 2 aromatic rings. The van der Waals surface area contributed by atoms with Crippen molar-refractivity contribution in [1.82, 2.24) is 0 Å². The number of ether oxygens (including phenoxy) is 2. The average molecular weight is 283 g/mol. The van der Waals surface area contributed by atoms with Gasteiger partial charge >= 0.3 is 0 Å². The summed E-state index contributed by atoms with van der Waals surface area (Å²) in [6.07, 6.45) is -0.766. The second-order valence-electron chi connectivity index (χ2n) is 4.70. The predicted molar refractivity (Wildman–Crippen MR) is 79.3 cm³/mol. The lowest BCUT2D eigenvalue weighted by molar-refractivity contribution is 0.0625. The van der Waals surface area contributed by atoms with E-state index >= 15 is 0 Å². The number of hydrogen-bond acceptors (Lipinski definition) is 4. The minimum absolute atomic E-state index is 0.0739. The summed E-state index contributed by atoms with van der Waals surface area (Å²) in [6, 6.07) is 16.6. The molecule has 0 aliphatic rings. The third-order valence-electron chi connectivity index (χ3n) is 2.87. The molecule has 21 heavy (non-hydrogen) atoms. The van der Waals surface area contributed by atoms with Crippen molar-refractivity contribution in [1.29, 1.82) is 5.26 Å². The van der Waals surface area contributed by atoms with Crippen LogP contribution >= 0.6 is 0 Å². The van der Waals surface area contributed by atoms with E-state index in [0.717, 1.165) is 5.56 Å². The molecule has 1 unspecified atom stereocenters. The van der Waals surface area contributed by atoms with Crippen molar-refractivity contribution in [3.63, 3.8) is 0 Å². The van der Waals surface area contributed by atoms with Gasteiger partial charge in [0.2, 0.25) is 0 Å². The molecule has 0 saturated carbocycles.